The summed E-state index contributed by atoms with van der Waals surface area (Å²) < 4.78 is 11.7. The molecular weight excluding hydrogens is 486 g/mol. The number of ether oxygens (including phenoxy) is 2. The molecule has 0 spiro atoms. The molecule has 204 valence electrons. The summed E-state index contributed by atoms with van der Waals surface area (Å²) in [4.78, 5) is 11.8. The standard InChI is InChI=1S/C32H39N5O2/c1-21-11-12-22(2)23(17-21)20-37-15-13-32(14-16-37,24-9-7-6-8-10-24)19-25-28-26(18-27(38-4)29(25)39-5)35-31(34-3)36-30(28)33/h6-12,17-18H,13-16,19-20H2,1-5H3,(H3,33,34,35,36). The molecule has 1 aliphatic heterocycles. The highest BCUT2D eigenvalue weighted by molar-refractivity contribution is 5.95. The summed E-state index contributed by atoms with van der Waals surface area (Å²) in [6, 6.07) is 19.5. The number of fused-ring (bicyclic) bond motifs is 1. The summed E-state index contributed by atoms with van der Waals surface area (Å²) in [5.41, 5.74) is 13.6. The SMILES string of the molecule is CNc1nc(N)c2c(CC3(c4ccccc4)CCN(Cc4cc(C)ccc4C)CC3)c(OC)c(OC)cc2n1. The lowest BCUT2D eigenvalue weighted by Crippen LogP contribution is -2.43. The van der Waals surface area contributed by atoms with Gasteiger partial charge < -0.3 is 20.5 Å². The van der Waals surface area contributed by atoms with E-state index in [0.717, 1.165) is 55.4 Å². The van der Waals surface area contributed by atoms with Gasteiger partial charge in [-0.15, -0.1) is 0 Å². The van der Waals surface area contributed by atoms with Crippen LogP contribution in [0.3, 0.4) is 0 Å². The van der Waals surface area contributed by atoms with Crippen LogP contribution in [0.2, 0.25) is 0 Å². The van der Waals surface area contributed by atoms with Gasteiger partial charge >= 0.3 is 0 Å². The Kier molecular flexibility index (Phi) is 7.62. The van der Waals surface area contributed by atoms with Crippen molar-refractivity contribution in [1.29, 1.82) is 0 Å². The molecule has 39 heavy (non-hydrogen) atoms. The van der Waals surface area contributed by atoms with Crippen LogP contribution in [-0.4, -0.2) is 49.2 Å². The van der Waals surface area contributed by atoms with Gasteiger partial charge in [-0.1, -0.05) is 54.1 Å². The fourth-order valence-electron chi connectivity index (χ4n) is 6.07. The number of rotatable bonds is 8. The van der Waals surface area contributed by atoms with E-state index in [2.05, 4.69) is 77.6 Å². The molecule has 3 N–H and O–H groups in total. The van der Waals surface area contributed by atoms with Crippen molar-refractivity contribution in [2.24, 2.45) is 0 Å². The van der Waals surface area contributed by atoms with Crippen LogP contribution in [-0.2, 0) is 18.4 Å². The Balaban J connectivity index is 1.56. The third kappa shape index (κ3) is 5.23. The third-order valence-electron chi connectivity index (χ3n) is 8.29. The second-order valence-corrected chi connectivity index (χ2v) is 10.7. The summed E-state index contributed by atoms with van der Waals surface area (Å²) in [6.07, 6.45) is 2.77. The number of nitrogens with one attached hydrogen (secondary N) is 1. The Morgan fingerprint density at radius 2 is 1.72 bits per heavy atom. The van der Waals surface area contributed by atoms with Crippen molar-refractivity contribution in [3.8, 4) is 11.5 Å². The lowest BCUT2D eigenvalue weighted by atomic mass is 9.68. The maximum Gasteiger partial charge on any atom is 0.224 e. The van der Waals surface area contributed by atoms with E-state index in [-0.39, 0.29) is 5.41 Å². The van der Waals surface area contributed by atoms with Crippen molar-refractivity contribution in [1.82, 2.24) is 14.9 Å². The molecule has 2 heterocycles. The van der Waals surface area contributed by atoms with E-state index in [1.54, 1.807) is 21.3 Å². The predicted molar refractivity (Wildman–Crippen MR) is 159 cm³/mol. The van der Waals surface area contributed by atoms with E-state index in [1.165, 1.54) is 22.3 Å². The number of nitrogens with two attached hydrogens (primary N) is 1. The fraction of sp³-hybridized carbons (Fsp3) is 0.375. The number of hydrogen-bond donors (Lipinski definition) is 2. The summed E-state index contributed by atoms with van der Waals surface area (Å²) in [5.74, 6) is 2.27. The highest BCUT2D eigenvalue weighted by Crippen LogP contribution is 2.46. The Morgan fingerprint density at radius 1 is 0.974 bits per heavy atom. The number of nitrogens with zero attached hydrogens (tertiary/aromatic N) is 3. The molecule has 0 bridgehead atoms. The molecule has 4 aromatic rings. The first-order chi connectivity index (χ1) is 18.9. The van der Waals surface area contributed by atoms with Crippen LogP contribution in [0.25, 0.3) is 10.9 Å². The van der Waals surface area contributed by atoms with Crippen LogP contribution in [0.15, 0.2) is 54.6 Å². The lowest BCUT2D eigenvalue weighted by molar-refractivity contribution is 0.151. The number of piperidine rings is 1. The number of hydrogen-bond acceptors (Lipinski definition) is 7. The third-order valence-corrected chi connectivity index (χ3v) is 8.29. The number of anilines is 2. The molecule has 0 amide bonds. The van der Waals surface area contributed by atoms with E-state index in [9.17, 15) is 0 Å². The topological polar surface area (TPSA) is 85.5 Å². The maximum atomic E-state index is 6.57. The van der Waals surface area contributed by atoms with Gasteiger partial charge in [-0.05, 0) is 62.9 Å². The second kappa shape index (κ2) is 11.1. The van der Waals surface area contributed by atoms with E-state index < -0.39 is 0 Å². The van der Waals surface area contributed by atoms with Crippen LogP contribution < -0.4 is 20.5 Å². The van der Waals surface area contributed by atoms with Gasteiger partial charge in [0, 0.05) is 36.0 Å². The highest BCUT2D eigenvalue weighted by Gasteiger charge is 2.38. The zero-order valence-electron chi connectivity index (χ0n) is 23.7. The summed E-state index contributed by atoms with van der Waals surface area (Å²) in [5, 5.41) is 3.85. The average Bonchev–Trinajstić information content (AvgIpc) is 2.95. The van der Waals surface area contributed by atoms with Crippen LogP contribution >= 0.6 is 0 Å². The molecule has 1 fully saturated rings. The summed E-state index contributed by atoms with van der Waals surface area (Å²) >= 11 is 0. The predicted octanol–water partition coefficient (Wildman–Crippen LogP) is 5.66. The molecule has 7 nitrogen and oxygen atoms in total. The number of nitrogen functional groups attached to an aromatic ring is 1. The van der Waals surface area contributed by atoms with Gasteiger partial charge in [0.05, 0.1) is 19.7 Å². The van der Waals surface area contributed by atoms with Crippen molar-refractivity contribution >= 4 is 22.7 Å². The van der Waals surface area contributed by atoms with Gasteiger partial charge in [-0.2, -0.15) is 4.98 Å². The monoisotopic (exact) mass is 525 g/mol. The van der Waals surface area contributed by atoms with E-state index in [1.807, 2.05) is 6.07 Å². The molecule has 0 atom stereocenters. The van der Waals surface area contributed by atoms with Crippen molar-refractivity contribution in [2.75, 3.05) is 45.4 Å². The number of methoxy groups -OCH3 is 2. The zero-order valence-corrected chi connectivity index (χ0v) is 23.7. The Bertz CT molecular complexity index is 1460. The molecule has 1 aromatic heterocycles. The molecule has 0 radical (unpaired) electrons. The molecule has 0 saturated carbocycles. The Morgan fingerprint density at radius 3 is 2.38 bits per heavy atom. The fourth-order valence-corrected chi connectivity index (χ4v) is 6.07. The molecule has 0 aliphatic carbocycles. The normalized spacial score (nSPS) is 15.3. The average molecular weight is 526 g/mol. The largest absolute Gasteiger partial charge is 0.493 e. The van der Waals surface area contributed by atoms with Crippen molar-refractivity contribution < 1.29 is 9.47 Å². The lowest BCUT2D eigenvalue weighted by Gasteiger charge is -2.43. The van der Waals surface area contributed by atoms with E-state index >= 15 is 0 Å². The van der Waals surface area contributed by atoms with Crippen LogP contribution in [0.4, 0.5) is 11.8 Å². The van der Waals surface area contributed by atoms with Crippen molar-refractivity contribution in [3.05, 3.63) is 82.4 Å². The van der Waals surface area contributed by atoms with Gasteiger partial charge in [0.2, 0.25) is 5.95 Å². The van der Waals surface area contributed by atoms with Crippen LogP contribution in [0.1, 0.15) is 40.7 Å². The second-order valence-electron chi connectivity index (χ2n) is 10.7. The molecule has 5 rings (SSSR count). The molecular formula is C32H39N5O2. The first kappa shape index (κ1) is 26.8. The summed E-state index contributed by atoms with van der Waals surface area (Å²) in [7, 11) is 5.14. The van der Waals surface area contributed by atoms with E-state index in [4.69, 9.17) is 20.2 Å². The van der Waals surface area contributed by atoms with Gasteiger partial charge in [-0.25, -0.2) is 4.98 Å². The minimum absolute atomic E-state index is 0.0971. The quantitative estimate of drug-likeness (QED) is 0.307. The minimum atomic E-state index is -0.0971. The maximum absolute atomic E-state index is 6.57. The first-order valence-corrected chi connectivity index (χ1v) is 13.6. The minimum Gasteiger partial charge on any atom is -0.493 e. The molecule has 1 aliphatic rings. The number of benzene rings is 3. The Hall–Kier alpha value is -3.84. The smallest absolute Gasteiger partial charge is 0.224 e. The van der Waals surface area contributed by atoms with Gasteiger partial charge in [-0.3, -0.25) is 4.90 Å². The first-order valence-electron chi connectivity index (χ1n) is 13.6. The van der Waals surface area contributed by atoms with E-state index in [0.29, 0.717) is 23.3 Å². The highest BCUT2D eigenvalue weighted by atomic mass is 16.5. The van der Waals surface area contributed by atoms with Gasteiger partial charge in [0.1, 0.15) is 5.82 Å². The molecule has 0 unspecified atom stereocenters. The molecule has 1 saturated heterocycles. The molecule has 3 aromatic carbocycles. The number of likely N-dealkylation sites (tertiary alicyclic amines) is 1. The van der Waals surface area contributed by atoms with Crippen molar-refractivity contribution in [2.45, 2.75) is 45.1 Å². The van der Waals surface area contributed by atoms with Crippen LogP contribution in [0, 0.1) is 13.8 Å². The molecule has 7 heteroatoms. The van der Waals surface area contributed by atoms with Gasteiger partial charge in [0.25, 0.3) is 0 Å². The van der Waals surface area contributed by atoms with Gasteiger partial charge in [0.15, 0.2) is 11.5 Å². The zero-order chi connectivity index (χ0) is 27.6. The number of aryl methyl sites for hydroxylation is 2. The summed E-state index contributed by atoms with van der Waals surface area (Å²) in [6.45, 7) is 7.35. The van der Waals surface area contributed by atoms with Crippen LogP contribution in [0.5, 0.6) is 11.5 Å². The van der Waals surface area contributed by atoms with Crippen molar-refractivity contribution in [3.63, 3.8) is 0 Å². The Labute approximate surface area is 231 Å². The number of aromatic nitrogens is 2.